The summed E-state index contributed by atoms with van der Waals surface area (Å²) in [5.74, 6) is 0.408. The molecule has 140 valence electrons. The molecule has 2 aromatic carbocycles. The maximum Gasteiger partial charge on any atom is 0.183 e. The van der Waals surface area contributed by atoms with Crippen molar-refractivity contribution in [1.29, 1.82) is 0 Å². The van der Waals surface area contributed by atoms with Gasteiger partial charge in [0.05, 0.1) is 29.4 Å². The van der Waals surface area contributed by atoms with Crippen LogP contribution in [0.25, 0.3) is 0 Å². The fraction of sp³-hybridized carbons (Fsp3) is 0.400. The lowest BCUT2D eigenvalue weighted by Gasteiger charge is -2.12. The van der Waals surface area contributed by atoms with Gasteiger partial charge in [-0.2, -0.15) is 0 Å². The van der Waals surface area contributed by atoms with Gasteiger partial charge in [-0.15, -0.1) is 0 Å². The molecule has 1 aliphatic carbocycles. The first-order chi connectivity index (χ1) is 12.3. The third kappa shape index (κ3) is 3.24. The predicted octanol–water partition coefficient (Wildman–Crippen LogP) is 2.68. The average molecular weight is 375 g/mol. The quantitative estimate of drug-likeness (QED) is 0.805. The van der Waals surface area contributed by atoms with Crippen molar-refractivity contribution >= 4 is 9.84 Å². The van der Waals surface area contributed by atoms with E-state index in [9.17, 15) is 8.42 Å². The van der Waals surface area contributed by atoms with Gasteiger partial charge in [0.1, 0.15) is 5.75 Å². The van der Waals surface area contributed by atoms with Gasteiger partial charge >= 0.3 is 0 Å². The van der Waals surface area contributed by atoms with E-state index >= 15 is 0 Å². The number of hydrogen-bond acceptors (Lipinski definition) is 5. The monoisotopic (exact) mass is 375 g/mol. The number of hydrogen-bond donors (Lipinski definition) is 1. The van der Waals surface area contributed by atoms with Crippen LogP contribution in [0, 0.1) is 6.92 Å². The van der Waals surface area contributed by atoms with E-state index in [1.54, 1.807) is 31.4 Å². The van der Waals surface area contributed by atoms with Gasteiger partial charge in [0.2, 0.25) is 0 Å². The van der Waals surface area contributed by atoms with Crippen LogP contribution in [0.15, 0.2) is 53.4 Å². The van der Waals surface area contributed by atoms with Crippen molar-refractivity contribution in [2.45, 2.75) is 35.4 Å². The van der Waals surface area contributed by atoms with Crippen LogP contribution in [-0.4, -0.2) is 39.5 Å². The SMILES string of the molecule is CCOCC1(N)C(c2ccc(OC)cc2)C1S(=O)(=O)c1ccc(C)cc1. The molecule has 3 atom stereocenters. The Labute approximate surface area is 155 Å². The largest absolute Gasteiger partial charge is 0.497 e. The molecule has 2 aromatic rings. The number of methoxy groups -OCH3 is 1. The van der Waals surface area contributed by atoms with Gasteiger partial charge in [0.25, 0.3) is 0 Å². The smallest absolute Gasteiger partial charge is 0.183 e. The van der Waals surface area contributed by atoms with Crippen LogP contribution in [0.3, 0.4) is 0 Å². The van der Waals surface area contributed by atoms with Crippen molar-refractivity contribution in [3.8, 4) is 5.75 Å². The first-order valence-corrected chi connectivity index (χ1v) is 10.2. The van der Waals surface area contributed by atoms with Gasteiger partial charge < -0.3 is 15.2 Å². The highest BCUT2D eigenvalue weighted by Gasteiger charge is 2.69. The highest BCUT2D eigenvalue weighted by Crippen LogP contribution is 2.55. The molecule has 1 aliphatic rings. The van der Waals surface area contributed by atoms with Gasteiger partial charge in [-0.3, -0.25) is 0 Å². The average Bonchev–Trinajstić information content (AvgIpc) is 3.27. The molecule has 0 spiro atoms. The Balaban J connectivity index is 1.97. The highest BCUT2D eigenvalue weighted by atomic mass is 32.2. The molecule has 1 saturated carbocycles. The minimum absolute atomic E-state index is 0.204. The minimum atomic E-state index is -3.57. The van der Waals surface area contributed by atoms with E-state index in [0.717, 1.165) is 16.9 Å². The number of ether oxygens (including phenoxy) is 2. The van der Waals surface area contributed by atoms with Crippen LogP contribution in [0.1, 0.15) is 24.0 Å². The Hall–Kier alpha value is -1.89. The molecule has 0 saturated heterocycles. The van der Waals surface area contributed by atoms with E-state index in [-0.39, 0.29) is 12.5 Å². The number of sulfone groups is 1. The maximum atomic E-state index is 13.2. The molecule has 3 rings (SSSR count). The van der Waals surface area contributed by atoms with Gasteiger partial charge in [0, 0.05) is 12.5 Å². The van der Waals surface area contributed by atoms with Gasteiger partial charge in [-0.25, -0.2) is 8.42 Å². The van der Waals surface area contributed by atoms with Crippen LogP contribution in [0.5, 0.6) is 5.75 Å². The number of rotatable bonds is 7. The van der Waals surface area contributed by atoms with Gasteiger partial charge in [0.15, 0.2) is 9.84 Å². The van der Waals surface area contributed by atoms with E-state index in [2.05, 4.69) is 0 Å². The summed E-state index contributed by atoms with van der Waals surface area (Å²) in [6, 6.07) is 14.3. The lowest BCUT2D eigenvalue weighted by atomic mass is 10.1. The lowest BCUT2D eigenvalue weighted by Crippen LogP contribution is -2.36. The van der Waals surface area contributed by atoms with Crippen LogP contribution >= 0.6 is 0 Å². The number of benzene rings is 2. The third-order valence-electron chi connectivity index (χ3n) is 5.02. The molecule has 0 bridgehead atoms. The van der Waals surface area contributed by atoms with E-state index < -0.39 is 20.6 Å². The van der Waals surface area contributed by atoms with Gasteiger partial charge in [-0.05, 0) is 43.7 Å². The normalized spacial score (nSPS) is 25.1. The second kappa shape index (κ2) is 7.02. The Morgan fingerprint density at radius 3 is 2.23 bits per heavy atom. The van der Waals surface area contributed by atoms with Crippen LogP contribution in [0.2, 0.25) is 0 Å². The Bertz CT molecular complexity index is 862. The highest BCUT2D eigenvalue weighted by molar-refractivity contribution is 7.92. The van der Waals surface area contributed by atoms with Crippen molar-refractivity contribution in [2.24, 2.45) is 5.73 Å². The van der Waals surface area contributed by atoms with Crippen molar-refractivity contribution in [3.05, 3.63) is 59.7 Å². The molecule has 6 heteroatoms. The standard InChI is InChI=1S/C20H25NO4S/c1-4-25-13-20(21)18(15-7-9-16(24-3)10-8-15)19(20)26(22,23)17-11-5-14(2)6-12-17/h5-12,18-19H,4,13,21H2,1-3H3. The Kier molecular flexibility index (Phi) is 5.10. The zero-order valence-electron chi connectivity index (χ0n) is 15.3. The topological polar surface area (TPSA) is 78.6 Å². The lowest BCUT2D eigenvalue weighted by molar-refractivity contribution is 0.125. The van der Waals surface area contributed by atoms with E-state index in [0.29, 0.717) is 11.5 Å². The van der Waals surface area contributed by atoms with E-state index in [1.165, 1.54) is 0 Å². The number of aryl methyl sites for hydroxylation is 1. The summed E-state index contributed by atoms with van der Waals surface area (Å²) < 4.78 is 37.2. The third-order valence-corrected chi connectivity index (χ3v) is 7.33. The van der Waals surface area contributed by atoms with Crippen LogP contribution < -0.4 is 10.5 Å². The molecule has 0 heterocycles. The van der Waals surface area contributed by atoms with Crippen molar-refractivity contribution < 1.29 is 17.9 Å². The van der Waals surface area contributed by atoms with Crippen LogP contribution in [0.4, 0.5) is 0 Å². The maximum absolute atomic E-state index is 13.2. The second-order valence-electron chi connectivity index (χ2n) is 6.78. The van der Waals surface area contributed by atoms with Gasteiger partial charge in [-0.1, -0.05) is 29.8 Å². The summed E-state index contributed by atoms with van der Waals surface area (Å²) >= 11 is 0. The first-order valence-electron chi connectivity index (χ1n) is 8.65. The Morgan fingerprint density at radius 1 is 1.08 bits per heavy atom. The molecular weight excluding hydrogens is 350 g/mol. The molecule has 0 radical (unpaired) electrons. The summed E-state index contributed by atoms with van der Waals surface area (Å²) in [4.78, 5) is 0.301. The summed E-state index contributed by atoms with van der Waals surface area (Å²) in [5, 5.41) is -0.711. The van der Waals surface area contributed by atoms with Crippen molar-refractivity contribution in [1.82, 2.24) is 0 Å². The van der Waals surface area contributed by atoms with E-state index in [4.69, 9.17) is 15.2 Å². The minimum Gasteiger partial charge on any atom is -0.497 e. The van der Waals surface area contributed by atoms with Crippen LogP contribution in [-0.2, 0) is 14.6 Å². The summed E-state index contributed by atoms with van der Waals surface area (Å²) in [6.45, 7) is 4.50. The Morgan fingerprint density at radius 2 is 1.69 bits per heavy atom. The zero-order chi connectivity index (χ0) is 18.9. The fourth-order valence-corrected chi connectivity index (χ4v) is 5.80. The zero-order valence-corrected chi connectivity index (χ0v) is 16.1. The molecule has 3 unspecified atom stereocenters. The fourth-order valence-electron chi connectivity index (χ4n) is 3.51. The molecule has 26 heavy (non-hydrogen) atoms. The molecule has 0 aromatic heterocycles. The molecular formula is C20H25NO4S. The summed E-state index contributed by atoms with van der Waals surface area (Å²) in [7, 11) is -1.97. The molecule has 1 fully saturated rings. The molecule has 0 amide bonds. The second-order valence-corrected chi connectivity index (χ2v) is 8.85. The molecule has 5 nitrogen and oxygen atoms in total. The number of nitrogens with two attached hydrogens (primary N) is 1. The first kappa shape index (κ1) is 18.9. The molecule has 2 N–H and O–H groups in total. The van der Waals surface area contributed by atoms with Crippen molar-refractivity contribution in [3.63, 3.8) is 0 Å². The molecule has 0 aliphatic heterocycles. The van der Waals surface area contributed by atoms with E-state index in [1.807, 2.05) is 38.1 Å². The summed E-state index contributed by atoms with van der Waals surface area (Å²) in [5.41, 5.74) is 7.50. The predicted molar refractivity (Wildman–Crippen MR) is 101 cm³/mol. The summed E-state index contributed by atoms with van der Waals surface area (Å²) in [6.07, 6.45) is 0. The van der Waals surface area contributed by atoms with Crippen molar-refractivity contribution in [2.75, 3.05) is 20.3 Å².